The van der Waals surface area contributed by atoms with Gasteiger partial charge in [-0.3, -0.25) is 0 Å². The van der Waals surface area contributed by atoms with E-state index < -0.39 is 0 Å². The van der Waals surface area contributed by atoms with E-state index in [1.807, 2.05) is 6.92 Å². The molecule has 0 amide bonds. The highest BCUT2D eigenvalue weighted by atomic mass is 16.3. The van der Waals surface area contributed by atoms with Gasteiger partial charge in [0.2, 0.25) is 5.89 Å². The fourth-order valence-corrected chi connectivity index (χ4v) is 5.67. The summed E-state index contributed by atoms with van der Waals surface area (Å²) in [4.78, 5) is 9.63. The first-order valence-corrected chi connectivity index (χ1v) is 13.3. The summed E-state index contributed by atoms with van der Waals surface area (Å²) in [6.45, 7) is 6.98. The zero-order chi connectivity index (χ0) is 26.2. The molecular formula is C33H30N4O. The van der Waals surface area contributed by atoms with E-state index in [0.717, 1.165) is 82.6 Å². The molecule has 5 nitrogen and oxygen atoms in total. The molecule has 0 fully saturated rings. The first-order chi connectivity index (χ1) is 18.6. The number of rotatable bonds is 5. The first-order valence-electron chi connectivity index (χ1n) is 13.3. The van der Waals surface area contributed by atoms with Crippen LogP contribution in [0.3, 0.4) is 0 Å². The summed E-state index contributed by atoms with van der Waals surface area (Å²) in [6, 6.07) is 21.7. The van der Waals surface area contributed by atoms with Gasteiger partial charge in [0.25, 0.3) is 0 Å². The van der Waals surface area contributed by atoms with Gasteiger partial charge in [-0.1, -0.05) is 49.4 Å². The Morgan fingerprint density at radius 3 is 2.61 bits per heavy atom. The first kappa shape index (κ1) is 23.9. The fraction of sp³-hybridized carbons (Fsp3) is 0.242. The van der Waals surface area contributed by atoms with E-state index in [4.69, 9.17) is 9.40 Å². The minimum atomic E-state index is 0.638. The summed E-state index contributed by atoms with van der Waals surface area (Å²) in [5, 5.41) is 9.55. The van der Waals surface area contributed by atoms with Crippen LogP contribution in [-0.2, 0) is 25.8 Å². The van der Waals surface area contributed by atoms with Crippen molar-refractivity contribution in [1.29, 1.82) is 5.26 Å². The molecule has 0 unspecified atom stereocenters. The van der Waals surface area contributed by atoms with Crippen LogP contribution in [0.4, 0.5) is 0 Å². The molecule has 1 aliphatic rings. The van der Waals surface area contributed by atoms with Crippen molar-refractivity contribution in [1.82, 2.24) is 14.5 Å². The molecule has 0 radical (unpaired) electrons. The van der Waals surface area contributed by atoms with Crippen LogP contribution >= 0.6 is 0 Å². The Morgan fingerprint density at radius 1 is 1.00 bits per heavy atom. The minimum Gasteiger partial charge on any atom is -0.444 e. The lowest BCUT2D eigenvalue weighted by molar-refractivity contribution is 0.573. The second-order valence-corrected chi connectivity index (χ2v) is 10.2. The molecule has 5 heteroatoms. The molecule has 0 aliphatic heterocycles. The number of imidazole rings is 1. The molecule has 188 valence electrons. The Bertz CT molecular complexity index is 1740. The van der Waals surface area contributed by atoms with E-state index in [1.165, 1.54) is 16.7 Å². The van der Waals surface area contributed by atoms with Gasteiger partial charge in [-0.25, -0.2) is 9.97 Å². The molecule has 0 saturated heterocycles. The van der Waals surface area contributed by atoms with Gasteiger partial charge >= 0.3 is 0 Å². The Labute approximate surface area is 223 Å². The number of aryl methyl sites for hydroxylation is 5. The number of fused-ring (bicyclic) bond motifs is 3. The highest BCUT2D eigenvalue weighted by Crippen LogP contribution is 2.35. The summed E-state index contributed by atoms with van der Waals surface area (Å²) in [5.41, 5.74) is 12.2. The minimum absolute atomic E-state index is 0.638. The average Bonchev–Trinajstić information content (AvgIpc) is 3.46. The number of hydrogen-bond donors (Lipinski definition) is 0. The molecule has 0 N–H and O–H groups in total. The SMILES string of the molecule is CCCc1nc2c(C)cc(-c3nc(C)co3)cc2n1Cc1ccc2c(c1)CCc1ccccc1C2=CC#N. The number of allylic oxidation sites excluding steroid dienone is 1. The predicted octanol–water partition coefficient (Wildman–Crippen LogP) is 7.36. The Hall–Kier alpha value is -4.43. The number of benzene rings is 3. The van der Waals surface area contributed by atoms with Crippen LogP contribution in [-0.4, -0.2) is 14.5 Å². The Morgan fingerprint density at radius 2 is 1.82 bits per heavy atom. The molecule has 2 heterocycles. The highest BCUT2D eigenvalue weighted by Gasteiger charge is 2.20. The summed E-state index contributed by atoms with van der Waals surface area (Å²) < 4.78 is 8.08. The summed E-state index contributed by atoms with van der Waals surface area (Å²) in [5.74, 6) is 1.73. The van der Waals surface area contributed by atoms with Crippen LogP contribution in [0, 0.1) is 25.2 Å². The number of aromatic nitrogens is 3. The van der Waals surface area contributed by atoms with Crippen LogP contribution in [0.25, 0.3) is 28.1 Å². The van der Waals surface area contributed by atoms with Crippen molar-refractivity contribution in [3.05, 3.63) is 112 Å². The van der Waals surface area contributed by atoms with Crippen molar-refractivity contribution < 1.29 is 4.42 Å². The molecule has 3 aromatic carbocycles. The molecule has 0 saturated carbocycles. The smallest absolute Gasteiger partial charge is 0.226 e. The monoisotopic (exact) mass is 498 g/mol. The maximum Gasteiger partial charge on any atom is 0.226 e. The summed E-state index contributed by atoms with van der Waals surface area (Å²) >= 11 is 0. The maximum atomic E-state index is 9.55. The maximum absolute atomic E-state index is 9.55. The molecule has 5 aromatic rings. The highest BCUT2D eigenvalue weighted by molar-refractivity contribution is 5.86. The molecular weight excluding hydrogens is 468 g/mol. The average molecular weight is 499 g/mol. The van der Waals surface area contributed by atoms with Gasteiger partial charge in [0, 0.05) is 24.6 Å². The van der Waals surface area contributed by atoms with Crippen LogP contribution in [0.5, 0.6) is 0 Å². The lowest BCUT2D eigenvalue weighted by Crippen LogP contribution is -2.06. The van der Waals surface area contributed by atoms with E-state index >= 15 is 0 Å². The molecule has 0 atom stereocenters. The van der Waals surface area contributed by atoms with Crippen molar-refractivity contribution in [2.24, 2.45) is 0 Å². The fourth-order valence-electron chi connectivity index (χ4n) is 5.67. The van der Waals surface area contributed by atoms with E-state index in [0.29, 0.717) is 5.89 Å². The van der Waals surface area contributed by atoms with Crippen LogP contribution in [0.1, 0.15) is 58.2 Å². The quantitative estimate of drug-likeness (QED) is 0.237. The van der Waals surface area contributed by atoms with Gasteiger partial charge in [0.15, 0.2) is 0 Å². The van der Waals surface area contributed by atoms with Crippen molar-refractivity contribution in [3.8, 4) is 17.5 Å². The van der Waals surface area contributed by atoms with E-state index in [-0.39, 0.29) is 0 Å². The molecule has 0 bridgehead atoms. The molecule has 2 aromatic heterocycles. The van der Waals surface area contributed by atoms with Crippen LogP contribution in [0.15, 0.2) is 71.4 Å². The third-order valence-corrected chi connectivity index (χ3v) is 7.44. The number of nitrogens with zero attached hydrogens (tertiary/aromatic N) is 4. The van der Waals surface area contributed by atoms with Gasteiger partial charge in [0.05, 0.1) is 22.8 Å². The van der Waals surface area contributed by atoms with Crippen LogP contribution < -0.4 is 0 Å². The van der Waals surface area contributed by atoms with Gasteiger partial charge in [-0.2, -0.15) is 5.26 Å². The predicted molar refractivity (Wildman–Crippen MR) is 151 cm³/mol. The second-order valence-electron chi connectivity index (χ2n) is 10.2. The number of hydrogen-bond acceptors (Lipinski definition) is 4. The van der Waals surface area contributed by atoms with Crippen molar-refractivity contribution in [2.75, 3.05) is 0 Å². The van der Waals surface area contributed by atoms with Gasteiger partial charge in [-0.15, -0.1) is 0 Å². The molecule has 6 rings (SSSR count). The van der Waals surface area contributed by atoms with Gasteiger partial charge in [0.1, 0.15) is 12.1 Å². The number of oxazole rings is 1. The molecule has 0 spiro atoms. The zero-order valence-corrected chi connectivity index (χ0v) is 22.1. The lowest BCUT2D eigenvalue weighted by Gasteiger charge is -2.14. The van der Waals surface area contributed by atoms with Crippen molar-refractivity contribution in [3.63, 3.8) is 0 Å². The zero-order valence-electron chi connectivity index (χ0n) is 22.1. The third kappa shape index (κ3) is 4.22. The normalized spacial score (nSPS) is 13.8. The standard InChI is InChI=1S/C33H30N4O/c1-4-7-31-36-32-21(2)16-26(33-35-22(3)20-38-33)18-30(32)37(31)19-23-10-13-28-25(17-23)12-11-24-8-5-6-9-27(24)29(28)14-15-34/h5-6,8-10,13-14,16-18,20H,4,7,11-12,19H2,1-3H3. The lowest BCUT2D eigenvalue weighted by atomic mass is 9.93. The summed E-state index contributed by atoms with van der Waals surface area (Å²) in [6.07, 6.45) is 7.23. The Balaban J connectivity index is 1.44. The Kier molecular flexibility index (Phi) is 6.17. The topological polar surface area (TPSA) is 67.6 Å². The van der Waals surface area contributed by atoms with Gasteiger partial charge in [-0.05, 0) is 84.2 Å². The van der Waals surface area contributed by atoms with E-state index in [2.05, 4.69) is 84.1 Å². The van der Waals surface area contributed by atoms with Crippen molar-refractivity contribution in [2.45, 2.75) is 53.0 Å². The van der Waals surface area contributed by atoms with Crippen molar-refractivity contribution >= 4 is 16.6 Å². The van der Waals surface area contributed by atoms with E-state index in [9.17, 15) is 5.26 Å². The molecule has 38 heavy (non-hydrogen) atoms. The molecule has 1 aliphatic carbocycles. The van der Waals surface area contributed by atoms with E-state index in [1.54, 1.807) is 12.3 Å². The third-order valence-electron chi connectivity index (χ3n) is 7.44. The largest absolute Gasteiger partial charge is 0.444 e. The number of nitriles is 1. The van der Waals surface area contributed by atoms with Gasteiger partial charge < -0.3 is 8.98 Å². The van der Waals surface area contributed by atoms with Crippen LogP contribution in [0.2, 0.25) is 0 Å². The second kappa shape index (κ2) is 9.79. The summed E-state index contributed by atoms with van der Waals surface area (Å²) in [7, 11) is 0.